The summed E-state index contributed by atoms with van der Waals surface area (Å²) in [7, 11) is 1.36. The van der Waals surface area contributed by atoms with Crippen molar-refractivity contribution < 1.29 is 47.2 Å². The fourth-order valence-corrected chi connectivity index (χ4v) is 6.58. The number of phosphoric acid groups is 1. The first-order valence-corrected chi connectivity index (χ1v) is 24.9. The Labute approximate surface area is 372 Å². The molecule has 0 saturated carbocycles. The molecule has 0 saturated heterocycles. The summed E-state index contributed by atoms with van der Waals surface area (Å²) >= 11 is 0. The fourth-order valence-electron chi connectivity index (χ4n) is 5.84. The highest BCUT2D eigenvalue weighted by molar-refractivity contribution is 7.47. The summed E-state index contributed by atoms with van der Waals surface area (Å²) in [5.41, 5.74) is 0. The number of carbonyl (C=O) groups excluding carboxylic acids is 2. The van der Waals surface area contributed by atoms with Crippen molar-refractivity contribution in [3.05, 3.63) is 85.1 Å². The molecule has 3 atom stereocenters. The summed E-state index contributed by atoms with van der Waals surface area (Å²) in [4.78, 5) is 35.5. The average Bonchev–Trinajstić information content (AvgIpc) is 3.21. The van der Waals surface area contributed by atoms with Gasteiger partial charge in [0.2, 0.25) is 0 Å². The topological polar surface area (TPSA) is 129 Å². The molecule has 2 N–H and O–H groups in total. The van der Waals surface area contributed by atoms with Crippen molar-refractivity contribution in [2.75, 3.05) is 47.5 Å². The minimum atomic E-state index is -4.43. The van der Waals surface area contributed by atoms with Gasteiger partial charge in [0, 0.05) is 12.8 Å². The largest absolute Gasteiger partial charge is 0.472 e. The summed E-state index contributed by atoms with van der Waals surface area (Å²) in [5.74, 6) is -1.01. The summed E-state index contributed by atoms with van der Waals surface area (Å²) in [6.07, 6.45) is 49.5. The van der Waals surface area contributed by atoms with Crippen molar-refractivity contribution in [3.63, 3.8) is 0 Å². The van der Waals surface area contributed by atoms with Gasteiger partial charge in [-0.3, -0.25) is 18.6 Å². The molecule has 0 rings (SSSR count). The Morgan fingerprint density at radius 2 is 1.13 bits per heavy atom. The molecular weight excluding hydrogens is 790 g/mol. The molecule has 0 spiro atoms. The molecule has 0 aliphatic heterocycles. The Balaban J connectivity index is 4.51. The number of quaternary nitrogens is 1. The van der Waals surface area contributed by atoms with Crippen molar-refractivity contribution in [2.24, 2.45) is 0 Å². The second-order valence-corrected chi connectivity index (χ2v) is 18.1. The normalized spacial score (nSPS) is 14.8. The van der Waals surface area contributed by atoms with Crippen LogP contribution in [0.3, 0.4) is 0 Å². The van der Waals surface area contributed by atoms with E-state index in [0.29, 0.717) is 30.3 Å². The van der Waals surface area contributed by atoms with Crippen molar-refractivity contribution in [1.29, 1.82) is 0 Å². The smallest absolute Gasteiger partial charge is 0.462 e. The summed E-state index contributed by atoms with van der Waals surface area (Å²) in [6, 6.07) is 0. The van der Waals surface area contributed by atoms with Gasteiger partial charge in [-0.15, -0.1) is 0 Å². The monoisotopic (exact) mass is 877 g/mol. The molecule has 11 heteroatoms. The molecular formula is C50H87NO9P+. The minimum Gasteiger partial charge on any atom is -0.462 e. The average molecular weight is 877 g/mol. The number of hydrogen-bond acceptors (Lipinski definition) is 8. The molecule has 0 aliphatic carbocycles. The molecule has 0 aromatic heterocycles. The number of aliphatic hydroxyl groups is 1. The van der Waals surface area contributed by atoms with E-state index in [1.807, 2.05) is 33.3 Å². The molecule has 2 unspecified atom stereocenters. The van der Waals surface area contributed by atoms with Crippen molar-refractivity contribution in [1.82, 2.24) is 0 Å². The van der Waals surface area contributed by atoms with Gasteiger partial charge in [-0.05, 0) is 77.0 Å². The van der Waals surface area contributed by atoms with Crippen LogP contribution < -0.4 is 0 Å². The number of ether oxygens (including phenoxy) is 2. The number of hydrogen-bond donors (Lipinski definition) is 2. The van der Waals surface area contributed by atoms with E-state index in [4.69, 9.17) is 18.5 Å². The lowest BCUT2D eigenvalue weighted by atomic mass is 10.1. The Bertz CT molecular complexity index is 1330. The van der Waals surface area contributed by atoms with Crippen molar-refractivity contribution >= 4 is 19.8 Å². The Morgan fingerprint density at radius 3 is 1.72 bits per heavy atom. The first-order chi connectivity index (χ1) is 29.4. The third-order valence-corrected chi connectivity index (χ3v) is 10.5. The molecule has 0 bridgehead atoms. The van der Waals surface area contributed by atoms with E-state index in [1.54, 1.807) is 12.2 Å². The zero-order valence-corrected chi connectivity index (χ0v) is 39.9. The Hall–Kier alpha value is -2.85. The van der Waals surface area contributed by atoms with Gasteiger partial charge in [-0.25, -0.2) is 4.57 Å². The van der Waals surface area contributed by atoms with E-state index in [9.17, 15) is 24.2 Å². The Kier molecular flexibility index (Phi) is 39.3. The van der Waals surface area contributed by atoms with Crippen LogP contribution in [0.5, 0.6) is 0 Å². The zero-order chi connectivity index (χ0) is 45.1. The van der Waals surface area contributed by atoms with Crippen LogP contribution in [0.1, 0.15) is 162 Å². The second-order valence-electron chi connectivity index (χ2n) is 16.6. The van der Waals surface area contributed by atoms with Crippen LogP contribution in [0.15, 0.2) is 85.1 Å². The molecule has 350 valence electrons. The quantitative estimate of drug-likeness (QED) is 0.0154. The van der Waals surface area contributed by atoms with E-state index in [2.05, 4.69) is 74.6 Å². The molecule has 0 aliphatic rings. The fraction of sp³-hybridized carbons (Fsp3) is 0.680. The van der Waals surface area contributed by atoms with Crippen LogP contribution in [0.25, 0.3) is 0 Å². The highest BCUT2D eigenvalue weighted by Crippen LogP contribution is 2.43. The van der Waals surface area contributed by atoms with Gasteiger partial charge in [0.05, 0.1) is 33.9 Å². The molecule has 61 heavy (non-hydrogen) atoms. The number of phosphoric ester groups is 1. The van der Waals surface area contributed by atoms with E-state index in [1.165, 1.54) is 57.8 Å². The molecule has 0 aromatic carbocycles. The molecule has 0 amide bonds. The molecule has 0 fully saturated rings. The number of rotatable bonds is 41. The number of esters is 2. The van der Waals surface area contributed by atoms with Crippen LogP contribution in [0.4, 0.5) is 0 Å². The maximum atomic E-state index is 12.7. The number of aliphatic hydroxyl groups excluding tert-OH is 1. The summed E-state index contributed by atoms with van der Waals surface area (Å²) < 4.78 is 34.2. The lowest BCUT2D eigenvalue weighted by Gasteiger charge is -2.24. The maximum Gasteiger partial charge on any atom is 0.472 e. The van der Waals surface area contributed by atoms with Crippen LogP contribution in [-0.4, -0.2) is 86.1 Å². The minimum absolute atomic E-state index is 0.00360. The van der Waals surface area contributed by atoms with E-state index in [-0.39, 0.29) is 26.1 Å². The molecule has 0 heterocycles. The molecule has 0 radical (unpaired) electrons. The third-order valence-electron chi connectivity index (χ3n) is 9.51. The van der Waals surface area contributed by atoms with Gasteiger partial charge in [-0.2, -0.15) is 0 Å². The maximum absolute atomic E-state index is 12.7. The first kappa shape index (κ1) is 58.1. The third kappa shape index (κ3) is 45.0. The van der Waals surface area contributed by atoms with Gasteiger partial charge >= 0.3 is 19.8 Å². The van der Waals surface area contributed by atoms with E-state index < -0.39 is 38.6 Å². The van der Waals surface area contributed by atoms with Gasteiger partial charge in [0.15, 0.2) is 6.10 Å². The van der Waals surface area contributed by atoms with Gasteiger partial charge < -0.3 is 24.0 Å². The van der Waals surface area contributed by atoms with Crippen LogP contribution in [0.2, 0.25) is 0 Å². The van der Waals surface area contributed by atoms with Crippen LogP contribution in [0, 0.1) is 0 Å². The number of allylic oxidation sites excluding steroid dienone is 13. The lowest BCUT2D eigenvalue weighted by molar-refractivity contribution is -0.870. The van der Waals surface area contributed by atoms with Crippen molar-refractivity contribution in [2.45, 2.75) is 174 Å². The lowest BCUT2D eigenvalue weighted by Crippen LogP contribution is -2.37. The number of carbonyl (C=O) groups is 2. The summed E-state index contributed by atoms with van der Waals surface area (Å²) in [6.45, 7) is 4.04. The zero-order valence-electron chi connectivity index (χ0n) is 39.0. The number of nitrogens with zero attached hydrogens (tertiary/aromatic N) is 1. The van der Waals surface area contributed by atoms with Crippen molar-refractivity contribution in [3.8, 4) is 0 Å². The predicted octanol–water partition coefficient (Wildman–Crippen LogP) is 12.5. The first-order valence-electron chi connectivity index (χ1n) is 23.4. The van der Waals surface area contributed by atoms with Gasteiger partial charge in [0.25, 0.3) is 0 Å². The highest BCUT2D eigenvalue weighted by atomic mass is 31.2. The summed E-state index contributed by atoms with van der Waals surface area (Å²) in [5, 5.41) is 10.3. The second kappa shape index (κ2) is 41.2. The molecule has 10 nitrogen and oxygen atoms in total. The van der Waals surface area contributed by atoms with Crippen LogP contribution in [-0.2, 0) is 32.7 Å². The van der Waals surface area contributed by atoms with Gasteiger partial charge in [0.1, 0.15) is 19.8 Å². The SMILES string of the molecule is CC/C=C\C/C=C\C/C=C\C/C=C\C=C\C(O)CCCC(=O)OC[C@H](COP(=O)(O)OCC[N+](C)(C)C)OC(=O)CCCCCCCCCCC/C=C\C/C=C\CCCCC. The predicted molar refractivity (Wildman–Crippen MR) is 253 cm³/mol. The van der Waals surface area contributed by atoms with Gasteiger partial charge in [-0.1, -0.05) is 157 Å². The number of unbranched alkanes of at least 4 members (excludes halogenated alkanes) is 12. The number of likely N-dealkylation sites (N-methyl/N-ethyl adjacent to an activating group) is 1. The van der Waals surface area contributed by atoms with Crippen LogP contribution >= 0.6 is 7.82 Å². The standard InChI is InChI=1S/C50H86NO9P/c1-6-8-10-12-14-16-18-20-21-22-23-24-25-27-29-31-33-35-37-41-50(54)60-48(46-59-61(55,56)58-44-43-51(3,4)5)45-57-49(53)42-38-40-47(52)39-36-34-32-30-28-26-19-17-15-13-11-9-7-2/h9,11,14-17,20-21,26,28,32,34,36,39,47-48,52H,6-8,10,12-13,18-19,22-25,27,29-31,33,35,37-38,40-46H2,1-5H3/p+1/b11-9-,16-14-,17-15-,21-20-,28-26-,34-32-,39-36+/t47?,48-/m1/s1. The van der Waals surface area contributed by atoms with E-state index >= 15 is 0 Å². The van der Waals surface area contributed by atoms with E-state index in [0.717, 1.165) is 57.8 Å². The highest BCUT2D eigenvalue weighted by Gasteiger charge is 2.27. The molecule has 0 aromatic rings. The Morgan fingerprint density at radius 1 is 0.607 bits per heavy atom.